The third-order valence-corrected chi connectivity index (χ3v) is 4.70. The topological polar surface area (TPSA) is 83.5 Å². The molecule has 1 rings (SSSR count). The lowest BCUT2D eigenvalue weighted by atomic mass is 10.2. The zero-order chi connectivity index (χ0) is 15.2. The van der Waals surface area contributed by atoms with E-state index in [0.717, 1.165) is 12.1 Å². The molecule has 0 aromatic heterocycles. The zero-order valence-corrected chi connectivity index (χ0v) is 12.1. The molecule has 0 spiro atoms. The van der Waals surface area contributed by atoms with E-state index < -0.39 is 26.7 Å². The maximum atomic E-state index is 13.6. The first kappa shape index (κ1) is 16.7. The number of rotatable bonds is 8. The Kier molecular flexibility index (Phi) is 6.18. The van der Waals surface area contributed by atoms with Crippen molar-refractivity contribution in [3.63, 3.8) is 0 Å². The first-order valence-electron chi connectivity index (χ1n) is 5.59. The number of aromatic carboxylic acids is 1. The van der Waals surface area contributed by atoms with E-state index in [9.17, 15) is 17.6 Å². The average Bonchev–Trinajstić information content (AvgIpc) is 2.37. The zero-order valence-electron chi connectivity index (χ0n) is 10.5. The Morgan fingerprint density at radius 2 is 2.20 bits per heavy atom. The average molecular weight is 319 g/mol. The number of carboxylic acid groups (broad SMARTS) is 1. The number of sulfonamides is 1. The Labute approximate surface area is 120 Å². The monoisotopic (exact) mass is 319 g/mol. The molecule has 0 saturated carbocycles. The van der Waals surface area contributed by atoms with E-state index >= 15 is 0 Å². The Balaban J connectivity index is 2.77. The van der Waals surface area contributed by atoms with Gasteiger partial charge in [0.1, 0.15) is 10.7 Å². The molecule has 1 aromatic rings. The second-order valence-corrected chi connectivity index (χ2v) is 6.60. The second kappa shape index (κ2) is 7.41. The summed E-state index contributed by atoms with van der Waals surface area (Å²) in [4.78, 5) is 10.1. The summed E-state index contributed by atoms with van der Waals surface area (Å²) in [5, 5.41) is 8.68. The van der Waals surface area contributed by atoms with Crippen LogP contribution in [0.15, 0.2) is 35.7 Å². The minimum Gasteiger partial charge on any atom is -0.478 e. The Hall–Kier alpha value is -1.38. The maximum absolute atomic E-state index is 13.6. The Bertz CT molecular complexity index is 601. The molecule has 0 unspecified atom stereocenters. The van der Waals surface area contributed by atoms with E-state index in [0.29, 0.717) is 17.6 Å². The molecular weight excluding hydrogens is 305 g/mol. The van der Waals surface area contributed by atoms with Crippen LogP contribution in [0.3, 0.4) is 0 Å². The van der Waals surface area contributed by atoms with Gasteiger partial charge in [0.15, 0.2) is 0 Å². The van der Waals surface area contributed by atoms with E-state index in [1.807, 2.05) is 0 Å². The smallest absolute Gasteiger partial charge is 0.335 e. The van der Waals surface area contributed by atoms with Gasteiger partial charge in [-0.15, -0.1) is 6.58 Å². The van der Waals surface area contributed by atoms with Gasteiger partial charge in [-0.3, -0.25) is 0 Å². The van der Waals surface area contributed by atoms with Gasteiger partial charge in [0.2, 0.25) is 10.0 Å². The fourth-order valence-corrected chi connectivity index (χ4v) is 3.14. The van der Waals surface area contributed by atoms with Crippen LogP contribution in [0.2, 0.25) is 0 Å². The van der Waals surface area contributed by atoms with Crippen LogP contribution in [0.4, 0.5) is 4.39 Å². The van der Waals surface area contributed by atoms with Gasteiger partial charge >= 0.3 is 5.97 Å². The molecule has 1 aromatic carbocycles. The lowest BCUT2D eigenvalue weighted by Crippen LogP contribution is -2.27. The molecule has 2 N–H and O–H groups in total. The minimum atomic E-state index is -3.98. The summed E-state index contributed by atoms with van der Waals surface area (Å²) in [6.07, 6.45) is 1.70. The largest absolute Gasteiger partial charge is 0.478 e. The van der Waals surface area contributed by atoms with Gasteiger partial charge in [0.05, 0.1) is 5.56 Å². The summed E-state index contributed by atoms with van der Waals surface area (Å²) < 4.78 is 39.6. The predicted molar refractivity (Wildman–Crippen MR) is 76.1 cm³/mol. The van der Waals surface area contributed by atoms with Crippen molar-refractivity contribution in [2.45, 2.75) is 4.90 Å². The van der Waals surface area contributed by atoms with Crippen molar-refractivity contribution in [1.82, 2.24) is 4.72 Å². The van der Waals surface area contributed by atoms with Crippen LogP contribution >= 0.6 is 11.8 Å². The second-order valence-electron chi connectivity index (χ2n) is 3.71. The van der Waals surface area contributed by atoms with E-state index in [-0.39, 0.29) is 12.1 Å². The van der Waals surface area contributed by atoms with Gasteiger partial charge in [0.25, 0.3) is 0 Å². The highest BCUT2D eigenvalue weighted by Crippen LogP contribution is 2.16. The molecule has 5 nitrogen and oxygen atoms in total. The summed E-state index contributed by atoms with van der Waals surface area (Å²) in [5.74, 6) is -1.18. The highest BCUT2D eigenvalue weighted by molar-refractivity contribution is 7.99. The molecule has 8 heteroatoms. The summed E-state index contributed by atoms with van der Waals surface area (Å²) in [5.41, 5.74) is -0.303. The quantitative estimate of drug-likeness (QED) is 0.563. The number of halogens is 1. The van der Waals surface area contributed by atoms with Crippen molar-refractivity contribution < 1.29 is 22.7 Å². The number of hydrogen-bond donors (Lipinski definition) is 2. The molecule has 0 aliphatic heterocycles. The molecule has 0 amide bonds. The van der Waals surface area contributed by atoms with E-state index in [1.165, 1.54) is 11.8 Å². The maximum Gasteiger partial charge on any atom is 0.335 e. The highest BCUT2D eigenvalue weighted by Gasteiger charge is 2.19. The van der Waals surface area contributed by atoms with Crippen LogP contribution in [-0.2, 0) is 10.0 Å². The molecule has 0 saturated heterocycles. The van der Waals surface area contributed by atoms with E-state index in [2.05, 4.69) is 11.3 Å². The number of benzene rings is 1. The van der Waals surface area contributed by atoms with Crippen LogP contribution in [0, 0.1) is 5.82 Å². The third-order valence-electron chi connectivity index (χ3n) is 2.24. The van der Waals surface area contributed by atoms with Gasteiger partial charge < -0.3 is 5.11 Å². The van der Waals surface area contributed by atoms with Crippen LogP contribution in [0.5, 0.6) is 0 Å². The van der Waals surface area contributed by atoms with Crippen LogP contribution in [0.1, 0.15) is 10.4 Å². The molecule has 0 aliphatic carbocycles. The summed E-state index contributed by atoms with van der Waals surface area (Å²) in [6.45, 7) is 3.69. The molecule has 0 radical (unpaired) electrons. The van der Waals surface area contributed by atoms with Crippen molar-refractivity contribution in [3.8, 4) is 0 Å². The molecule has 0 heterocycles. The Morgan fingerprint density at radius 3 is 2.75 bits per heavy atom. The van der Waals surface area contributed by atoms with Crippen LogP contribution < -0.4 is 4.72 Å². The van der Waals surface area contributed by atoms with Crippen LogP contribution in [0.25, 0.3) is 0 Å². The Morgan fingerprint density at radius 1 is 1.50 bits per heavy atom. The minimum absolute atomic E-state index is 0.154. The molecular formula is C12H14FNO4S2. The van der Waals surface area contributed by atoms with Gasteiger partial charge in [0, 0.05) is 18.1 Å². The standard InChI is InChI=1S/C12H14FNO4S2/c1-2-6-19-7-5-14-20(17,18)11-4-3-9(12(15)16)8-10(11)13/h2-4,8,14H,1,5-7H2,(H,15,16). The van der Waals surface area contributed by atoms with Crippen molar-refractivity contribution in [3.05, 3.63) is 42.2 Å². The molecule has 110 valence electrons. The number of nitrogens with one attached hydrogen (secondary N) is 1. The van der Waals surface area contributed by atoms with Crippen molar-refractivity contribution in [2.24, 2.45) is 0 Å². The number of hydrogen-bond acceptors (Lipinski definition) is 4. The summed E-state index contributed by atoms with van der Waals surface area (Å²) in [6, 6.07) is 2.67. The lowest BCUT2D eigenvalue weighted by molar-refractivity contribution is 0.0696. The van der Waals surface area contributed by atoms with Gasteiger partial charge in [-0.05, 0) is 18.2 Å². The summed E-state index contributed by atoms with van der Waals surface area (Å²) >= 11 is 1.48. The molecule has 20 heavy (non-hydrogen) atoms. The normalized spacial score (nSPS) is 11.2. The van der Waals surface area contributed by atoms with E-state index in [4.69, 9.17) is 5.11 Å². The number of carbonyl (C=O) groups is 1. The first-order valence-corrected chi connectivity index (χ1v) is 8.23. The predicted octanol–water partition coefficient (Wildman–Crippen LogP) is 1.72. The summed E-state index contributed by atoms with van der Waals surface area (Å²) in [7, 11) is -3.98. The van der Waals surface area contributed by atoms with Crippen LogP contribution in [-0.4, -0.2) is 37.5 Å². The fourth-order valence-electron chi connectivity index (χ4n) is 1.34. The van der Waals surface area contributed by atoms with Crippen molar-refractivity contribution in [2.75, 3.05) is 18.1 Å². The molecule has 0 bridgehead atoms. The van der Waals surface area contributed by atoms with Gasteiger partial charge in [-0.25, -0.2) is 22.3 Å². The van der Waals surface area contributed by atoms with Crippen molar-refractivity contribution >= 4 is 27.8 Å². The lowest BCUT2D eigenvalue weighted by Gasteiger charge is -2.07. The van der Waals surface area contributed by atoms with Crippen molar-refractivity contribution in [1.29, 1.82) is 0 Å². The van der Waals surface area contributed by atoms with E-state index in [1.54, 1.807) is 6.08 Å². The van der Waals surface area contributed by atoms with Gasteiger partial charge in [-0.1, -0.05) is 6.08 Å². The fraction of sp³-hybridized carbons (Fsp3) is 0.250. The SMILES string of the molecule is C=CCSCCNS(=O)(=O)c1ccc(C(=O)O)cc1F. The first-order chi connectivity index (χ1) is 9.38. The van der Waals surface area contributed by atoms with Gasteiger partial charge in [-0.2, -0.15) is 11.8 Å². The molecule has 0 fully saturated rings. The number of thioether (sulfide) groups is 1. The molecule has 0 atom stereocenters. The third kappa shape index (κ3) is 4.62. The highest BCUT2D eigenvalue weighted by atomic mass is 32.2. The number of carboxylic acids is 1. The molecule has 0 aliphatic rings.